The molecule has 0 bridgehead atoms. The standard InChI is InChI=1S/C28H30Cl2N2O3/c1-18(2)35-27-16-24(34-4)13-14-25(27)26(15-19(3)21-7-11-23(30)12-8-21)32(28(31)33)17-20-5-9-22(29)10-6-20/h5-16,18-19H,17H2,1-4H3,(H2,31,33)/b26-15-. The molecule has 1 unspecified atom stereocenters. The molecule has 0 fully saturated rings. The van der Waals surface area contributed by atoms with Crippen molar-refractivity contribution in [3.63, 3.8) is 0 Å². The molecule has 0 saturated carbocycles. The quantitative estimate of drug-likeness (QED) is 0.322. The Balaban J connectivity index is 2.16. The minimum atomic E-state index is -0.583. The molecule has 0 aliphatic rings. The van der Waals surface area contributed by atoms with Gasteiger partial charge in [-0.1, -0.05) is 60.5 Å². The summed E-state index contributed by atoms with van der Waals surface area (Å²) in [5.41, 5.74) is 9.23. The number of nitrogens with two attached hydrogens (primary N) is 1. The van der Waals surface area contributed by atoms with Crippen molar-refractivity contribution in [3.05, 3.63) is 99.5 Å². The molecule has 0 heterocycles. The van der Waals surface area contributed by atoms with Crippen LogP contribution >= 0.6 is 23.2 Å². The van der Waals surface area contributed by atoms with Crippen LogP contribution in [0.4, 0.5) is 4.79 Å². The molecule has 5 nitrogen and oxygen atoms in total. The van der Waals surface area contributed by atoms with Gasteiger partial charge in [0.25, 0.3) is 0 Å². The molecule has 3 rings (SSSR count). The highest BCUT2D eigenvalue weighted by Crippen LogP contribution is 2.36. The number of hydrogen-bond donors (Lipinski definition) is 1. The van der Waals surface area contributed by atoms with E-state index in [0.717, 1.165) is 16.7 Å². The summed E-state index contributed by atoms with van der Waals surface area (Å²) < 4.78 is 11.6. The summed E-state index contributed by atoms with van der Waals surface area (Å²) in [7, 11) is 1.60. The third-order valence-electron chi connectivity index (χ3n) is 5.44. The van der Waals surface area contributed by atoms with Crippen molar-refractivity contribution in [2.75, 3.05) is 7.11 Å². The molecule has 0 spiro atoms. The Morgan fingerprint density at radius 3 is 2.11 bits per heavy atom. The highest BCUT2D eigenvalue weighted by molar-refractivity contribution is 6.30. The third kappa shape index (κ3) is 7.17. The molecule has 35 heavy (non-hydrogen) atoms. The van der Waals surface area contributed by atoms with Gasteiger partial charge in [-0.15, -0.1) is 0 Å². The lowest BCUT2D eigenvalue weighted by Gasteiger charge is -2.27. The number of ether oxygens (including phenoxy) is 2. The van der Waals surface area contributed by atoms with Crippen molar-refractivity contribution in [1.29, 1.82) is 0 Å². The number of carbonyl (C=O) groups is 1. The monoisotopic (exact) mass is 512 g/mol. The van der Waals surface area contributed by atoms with Crippen LogP contribution in [0.3, 0.4) is 0 Å². The molecule has 0 aromatic heterocycles. The number of carbonyl (C=O) groups excluding carboxylic acids is 1. The van der Waals surface area contributed by atoms with Crippen LogP contribution in [0.15, 0.2) is 72.8 Å². The van der Waals surface area contributed by atoms with Crippen molar-refractivity contribution >= 4 is 34.9 Å². The Hall–Kier alpha value is -3.15. The summed E-state index contributed by atoms with van der Waals surface area (Å²) in [6.45, 7) is 6.21. The van der Waals surface area contributed by atoms with Crippen LogP contribution in [0, 0.1) is 0 Å². The maximum atomic E-state index is 12.8. The summed E-state index contributed by atoms with van der Waals surface area (Å²) >= 11 is 12.1. The number of allylic oxidation sites excluding steroid dienone is 1. The van der Waals surface area contributed by atoms with Crippen molar-refractivity contribution in [1.82, 2.24) is 4.90 Å². The molecule has 2 N–H and O–H groups in total. The topological polar surface area (TPSA) is 64.8 Å². The van der Waals surface area contributed by atoms with Crippen molar-refractivity contribution in [3.8, 4) is 11.5 Å². The van der Waals surface area contributed by atoms with Gasteiger partial charge >= 0.3 is 6.03 Å². The second-order valence-corrected chi connectivity index (χ2v) is 9.34. The van der Waals surface area contributed by atoms with E-state index in [1.807, 2.05) is 74.5 Å². The van der Waals surface area contributed by atoms with Crippen molar-refractivity contribution in [2.24, 2.45) is 5.73 Å². The van der Waals surface area contributed by atoms with Crippen LogP contribution in [0.5, 0.6) is 11.5 Å². The summed E-state index contributed by atoms with van der Waals surface area (Å²) in [6, 6.07) is 19.9. The van der Waals surface area contributed by atoms with E-state index >= 15 is 0 Å². The highest BCUT2D eigenvalue weighted by Gasteiger charge is 2.23. The first kappa shape index (κ1) is 26.5. The molecule has 3 aromatic rings. The van der Waals surface area contributed by atoms with Gasteiger partial charge in [0, 0.05) is 27.6 Å². The van der Waals surface area contributed by atoms with Gasteiger partial charge in [-0.25, -0.2) is 4.79 Å². The number of hydrogen-bond acceptors (Lipinski definition) is 3. The molecule has 0 radical (unpaired) electrons. The van der Waals surface area contributed by atoms with Gasteiger partial charge in [-0.05, 0) is 61.4 Å². The molecular weight excluding hydrogens is 483 g/mol. The Kier molecular flexibility index (Phi) is 9.07. The fourth-order valence-corrected chi connectivity index (χ4v) is 3.92. The number of methoxy groups -OCH3 is 1. The SMILES string of the molecule is COc1ccc(/C(=C/C(C)c2ccc(Cl)cc2)N(Cc2ccc(Cl)cc2)C(N)=O)c(OC(C)C)c1. The van der Waals surface area contributed by atoms with Gasteiger partial charge in [0.2, 0.25) is 0 Å². The van der Waals surface area contributed by atoms with E-state index in [1.165, 1.54) is 0 Å². The first-order valence-electron chi connectivity index (χ1n) is 11.3. The predicted molar refractivity (Wildman–Crippen MR) is 143 cm³/mol. The molecule has 0 aliphatic carbocycles. The Labute approximate surface area is 217 Å². The zero-order chi connectivity index (χ0) is 25.5. The molecule has 0 saturated heterocycles. The van der Waals surface area contributed by atoms with Gasteiger partial charge in [0.15, 0.2) is 0 Å². The van der Waals surface area contributed by atoms with E-state index in [9.17, 15) is 4.79 Å². The summed E-state index contributed by atoms with van der Waals surface area (Å²) in [6.07, 6.45) is 1.92. The number of urea groups is 1. The average molecular weight is 513 g/mol. The molecule has 7 heteroatoms. The zero-order valence-corrected chi connectivity index (χ0v) is 21.8. The average Bonchev–Trinajstić information content (AvgIpc) is 2.82. The van der Waals surface area contributed by atoms with Crippen LogP contribution in [-0.2, 0) is 6.54 Å². The lowest BCUT2D eigenvalue weighted by Crippen LogP contribution is -2.34. The largest absolute Gasteiger partial charge is 0.497 e. The number of halogens is 2. The van der Waals surface area contributed by atoms with Gasteiger partial charge < -0.3 is 15.2 Å². The number of benzene rings is 3. The normalized spacial score (nSPS) is 12.4. The first-order chi connectivity index (χ1) is 16.7. The minimum absolute atomic E-state index is 0.0525. The number of primary amides is 1. The van der Waals surface area contributed by atoms with Gasteiger partial charge in [0.05, 0.1) is 25.5 Å². The van der Waals surface area contributed by atoms with Gasteiger partial charge in [0.1, 0.15) is 11.5 Å². The second-order valence-electron chi connectivity index (χ2n) is 8.47. The summed E-state index contributed by atoms with van der Waals surface area (Å²) in [4.78, 5) is 14.3. The van der Waals surface area contributed by atoms with Crippen molar-refractivity contribution in [2.45, 2.75) is 39.3 Å². The summed E-state index contributed by atoms with van der Waals surface area (Å²) in [5.74, 6) is 1.19. The highest BCUT2D eigenvalue weighted by atomic mass is 35.5. The molecule has 1 atom stereocenters. The molecule has 2 amide bonds. The lowest BCUT2D eigenvalue weighted by molar-refractivity contribution is 0.224. The fourth-order valence-electron chi connectivity index (χ4n) is 3.67. The molecule has 3 aromatic carbocycles. The van der Waals surface area contributed by atoms with Crippen LogP contribution in [0.2, 0.25) is 10.0 Å². The van der Waals surface area contributed by atoms with Gasteiger partial charge in [-0.2, -0.15) is 0 Å². The van der Waals surface area contributed by atoms with Crippen LogP contribution < -0.4 is 15.2 Å². The molecular formula is C28H30Cl2N2O3. The number of rotatable bonds is 9. The first-order valence-corrected chi connectivity index (χ1v) is 12.1. The van der Waals surface area contributed by atoms with Crippen LogP contribution in [0.25, 0.3) is 5.70 Å². The zero-order valence-electron chi connectivity index (χ0n) is 20.3. The number of nitrogens with zero attached hydrogens (tertiary/aromatic N) is 1. The second kappa shape index (κ2) is 12.0. The van der Waals surface area contributed by atoms with Crippen LogP contribution in [0.1, 0.15) is 43.4 Å². The third-order valence-corrected chi connectivity index (χ3v) is 5.95. The van der Waals surface area contributed by atoms with E-state index in [2.05, 4.69) is 6.92 Å². The Morgan fingerprint density at radius 2 is 1.57 bits per heavy atom. The summed E-state index contributed by atoms with van der Waals surface area (Å²) in [5, 5.41) is 1.28. The lowest BCUT2D eigenvalue weighted by atomic mass is 9.97. The fraction of sp³-hybridized carbons (Fsp3) is 0.250. The predicted octanol–water partition coefficient (Wildman–Crippen LogP) is 7.51. The molecule has 0 aliphatic heterocycles. The maximum Gasteiger partial charge on any atom is 0.319 e. The van der Waals surface area contributed by atoms with Gasteiger partial charge in [-0.3, -0.25) is 4.90 Å². The van der Waals surface area contributed by atoms with E-state index in [0.29, 0.717) is 27.2 Å². The van der Waals surface area contributed by atoms with E-state index in [-0.39, 0.29) is 18.6 Å². The smallest absolute Gasteiger partial charge is 0.319 e. The molecule has 184 valence electrons. The Morgan fingerprint density at radius 1 is 0.971 bits per heavy atom. The van der Waals surface area contributed by atoms with Crippen LogP contribution in [-0.4, -0.2) is 24.1 Å². The Bertz CT molecular complexity index is 1180. The van der Waals surface area contributed by atoms with E-state index < -0.39 is 6.03 Å². The van der Waals surface area contributed by atoms with Crippen molar-refractivity contribution < 1.29 is 14.3 Å². The number of amides is 2. The van der Waals surface area contributed by atoms with E-state index in [4.69, 9.17) is 38.4 Å². The minimum Gasteiger partial charge on any atom is -0.497 e. The van der Waals surface area contributed by atoms with E-state index in [1.54, 1.807) is 24.1 Å². The maximum absolute atomic E-state index is 12.8.